The molecule has 0 N–H and O–H groups in total. The smallest absolute Gasteiger partial charge is 0.367 e. The summed E-state index contributed by atoms with van der Waals surface area (Å²) >= 11 is 4.39. The molecule has 0 atom stereocenters. The van der Waals surface area contributed by atoms with Gasteiger partial charge in [0.1, 0.15) is 5.82 Å². The van der Waals surface area contributed by atoms with Crippen molar-refractivity contribution in [3.05, 3.63) is 38.4 Å². The zero-order valence-electron chi connectivity index (χ0n) is 10.3. The topological polar surface area (TPSA) is 63.0 Å². The van der Waals surface area contributed by atoms with Gasteiger partial charge in [-0.3, -0.25) is 0 Å². The predicted molar refractivity (Wildman–Crippen MR) is 75.9 cm³/mol. The molecule has 0 aliphatic heterocycles. The monoisotopic (exact) mass is 354 g/mol. The summed E-state index contributed by atoms with van der Waals surface area (Å²) in [6.07, 6.45) is 0. The molecule has 0 bridgehead atoms. The molecule has 1 aromatic heterocycles. The first kappa shape index (κ1) is 14.6. The van der Waals surface area contributed by atoms with Crippen molar-refractivity contribution in [2.75, 3.05) is 6.61 Å². The molecule has 0 unspecified atom stereocenters. The number of carbonyl (C=O) groups excluding carboxylic acids is 1. The van der Waals surface area contributed by atoms with E-state index in [0.717, 1.165) is 17.4 Å². The van der Waals surface area contributed by atoms with E-state index in [1.807, 2.05) is 6.07 Å². The lowest BCUT2D eigenvalue weighted by Crippen LogP contribution is -2.03. The molecule has 2 rings (SSSR count). The Balaban J connectivity index is 2.46. The van der Waals surface area contributed by atoms with E-state index in [9.17, 15) is 9.18 Å². The third-order valence-corrected chi connectivity index (χ3v) is 4.02. The van der Waals surface area contributed by atoms with Crippen LogP contribution in [0.4, 0.5) is 4.39 Å². The Bertz CT molecular complexity index is 709. The van der Waals surface area contributed by atoms with Crippen molar-refractivity contribution in [2.24, 2.45) is 0 Å². The average molecular weight is 355 g/mol. The van der Waals surface area contributed by atoms with Crippen LogP contribution in [0.15, 0.2) is 22.0 Å². The molecular weight excluding hydrogens is 347 g/mol. The summed E-state index contributed by atoms with van der Waals surface area (Å²) < 4.78 is 18.9. The predicted octanol–water partition coefficient (Wildman–Crippen LogP) is 3.76. The van der Waals surface area contributed by atoms with E-state index in [1.54, 1.807) is 6.92 Å². The quantitative estimate of drug-likeness (QED) is 0.787. The van der Waals surface area contributed by atoms with Crippen LogP contribution in [-0.4, -0.2) is 17.6 Å². The maximum atomic E-state index is 13.4. The minimum absolute atomic E-state index is 0.177. The molecular formula is C13H8BrFN2O2S. The lowest BCUT2D eigenvalue weighted by Gasteiger charge is -1.99. The standard InChI is InChI=1S/C13H8BrFN2O2S/c1-2-19-13(18)12-17-10(11(14)20-12)8-3-7(6-16)4-9(15)5-8/h3-5H,2H2,1H3. The summed E-state index contributed by atoms with van der Waals surface area (Å²) in [5.41, 5.74) is 1.03. The van der Waals surface area contributed by atoms with Gasteiger partial charge < -0.3 is 4.74 Å². The lowest BCUT2D eigenvalue weighted by atomic mass is 10.1. The maximum Gasteiger partial charge on any atom is 0.367 e. The van der Waals surface area contributed by atoms with Gasteiger partial charge in [-0.15, -0.1) is 0 Å². The summed E-state index contributed by atoms with van der Waals surface area (Å²) in [5, 5.41) is 9.02. The molecule has 20 heavy (non-hydrogen) atoms. The Morgan fingerprint density at radius 2 is 2.30 bits per heavy atom. The zero-order valence-corrected chi connectivity index (χ0v) is 12.7. The second-order valence-corrected chi connectivity index (χ2v) is 6.02. The van der Waals surface area contributed by atoms with Crippen LogP contribution in [0.2, 0.25) is 0 Å². The first-order valence-corrected chi connectivity index (χ1v) is 7.20. The zero-order chi connectivity index (χ0) is 14.7. The third kappa shape index (κ3) is 3.03. The van der Waals surface area contributed by atoms with Crippen LogP contribution in [0, 0.1) is 17.1 Å². The number of hydrogen-bond acceptors (Lipinski definition) is 5. The van der Waals surface area contributed by atoms with E-state index in [4.69, 9.17) is 10.00 Å². The summed E-state index contributed by atoms with van der Waals surface area (Å²) in [4.78, 5) is 15.7. The van der Waals surface area contributed by atoms with Gasteiger partial charge in [-0.05, 0) is 41.1 Å². The molecule has 4 nitrogen and oxygen atoms in total. The summed E-state index contributed by atoms with van der Waals surface area (Å²) in [6, 6.07) is 5.78. The normalized spacial score (nSPS) is 10.1. The summed E-state index contributed by atoms with van der Waals surface area (Å²) in [6.45, 7) is 1.96. The number of thiazole rings is 1. The van der Waals surface area contributed by atoms with E-state index in [2.05, 4.69) is 20.9 Å². The molecule has 0 fully saturated rings. The highest BCUT2D eigenvalue weighted by atomic mass is 79.9. The maximum absolute atomic E-state index is 13.4. The number of aromatic nitrogens is 1. The molecule has 0 amide bonds. The summed E-state index contributed by atoms with van der Waals surface area (Å²) in [5.74, 6) is -1.06. The molecule has 0 saturated carbocycles. The van der Waals surface area contributed by atoms with Crippen LogP contribution in [-0.2, 0) is 4.74 Å². The van der Waals surface area contributed by atoms with Crippen molar-refractivity contribution in [1.82, 2.24) is 4.98 Å². The Hall–Kier alpha value is -1.78. The Labute approximate surface area is 127 Å². The first-order chi connectivity index (χ1) is 9.55. The van der Waals surface area contributed by atoms with Gasteiger partial charge in [0.05, 0.1) is 27.7 Å². The second kappa shape index (κ2) is 6.11. The molecule has 7 heteroatoms. The second-order valence-electron chi connectivity index (χ2n) is 3.70. The molecule has 2 aromatic rings. The van der Waals surface area contributed by atoms with Crippen LogP contribution >= 0.6 is 27.3 Å². The van der Waals surface area contributed by atoms with Crippen LogP contribution in [0.5, 0.6) is 0 Å². The van der Waals surface area contributed by atoms with Gasteiger partial charge >= 0.3 is 5.97 Å². The number of nitrogens with zero attached hydrogens (tertiary/aromatic N) is 2. The van der Waals surface area contributed by atoms with Crippen LogP contribution < -0.4 is 0 Å². The van der Waals surface area contributed by atoms with Gasteiger partial charge in [-0.2, -0.15) is 5.26 Å². The van der Waals surface area contributed by atoms with E-state index in [0.29, 0.717) is 15.0 Å². The highest BCUT2D eigenvalue weighted by Gasteiger charge is 2.18. The molecule has 1 heterocycles. The number of nitriles is 1. The number of hydrogen-bond donors (Lipinski definition) is 0. The van der Waals surface area contributed by atoms with Crippen molar-refractivity contribution in [2.45, 2.75) is 6.92 Å². The van der Waals surface area contributed by atoms with Crippen LogP contribution in [0.25, 0.3) is 11.3 Å². The van der Waals surface area contributed by atoms with Crippen molar-refractivity contribution >= 4 is 33.2 Å². The fourth-order valence-electron chi connectivity index (χ4n) is 1.55. The van der Waals surface area contributed by atoms with Crippen molar-refractivity contribution in [3.63, 3.8) is 0 Å². The lowest BCUT2D eigenvalue weighted by molar-refractivity contribution is 0.0526. The molecule has 1 aromatic carbocycles. The van der Waals surface area contributed by atoms with E-state index in [1.165, 1.54) is 12.1 Å². The molecule has 0 aliphatic carbocycles. The Kier molecular flexibility index (Phi) is 4.47. The minimum Gasteiger partial charge on any atom is -0.461 e. The van der Waals surface area contributed by atoms with E-state index in [-0.39, 0.29) is 17.2 Å². The SMILES string of the molecule is CCOC(=O)c1nc(-c2cc(F)cc(C#N)c2)c(Br)s1. The van der Waals surface area contributed by atoms with Gasteiger partial charge in [-0.1, -0.05) is 11.3 Å². The van der Waals surface area contributed by atoms with Gasteiger partial charge in [0.25, 0.3) is 0 Å². The van der Waals surface area contributed by atoms with Gasteiger partial charge in [-0.25, -0.2) is 14.2 Å². The Morgan fingerprint density at radius 1 is 1.55 bits per heavy atom. The van der Waals surface area contributed by atoms with Crippen LogP contribution in [0.1, 0.15) is 22.3 Å². The number of benzene rings is 1. The number of halogens is 2. The molecule has 102 valence electrons. The molecule has 0 spiro atoms. The average Bonchev–Trinajstić information content (AvgIpc) is 2.80. The van der Waals surface area contributed by atoms with Crippen molar-refractivity contribution in [1.29, 1.82) is 5.26 Å². The third-order valence-electron chi connectivity index (χ3n) is 2.34. The molecule has 0 radical (unpaired) electrons. The highest BCUT2D eigenvalue weighted by Crippen LogP contribution is 2.34. The fraction of sp³-hybridized carbons (Fsp3) is 0.154. The highest BCUT2D eigenvalue weighted by molar-refractivity contribution is 9.11. The van der Waals surface area contributed by atoms with Crippen molar-refractivity contribution < 1.29 is 13.9 Å². The minimum atomic E-state index is -0.531. The van der Waals surface area contributed by atoms with Gasteiger partial charge in [0.15, 0.2) is 0 Å². The number of carbonyl (C=O) groups is 1. The summed E-state index contributed by atoms with van der Waals surface area (Å²) in [7, 11) is 0. The molecule has 0 aliphatic rings. The largest absolute Gasteiger partial charge is 0.461 e. The van der Waals surface area contributed by atoms with Gasteiger partial charge in [0.2, 0.25) is 5.01 Å². The first-order valence-electron chi connectivity index (χ1n) is 5.59. The van der Waals surface area contributed by atoms with Crippen molar-refractivity contribution in [3.8, 4) is 17.3 Å². The number of esters is 1. The molecule has 0 saturated heterocycles. The van der Waals surface area contributed by atoms with E-state index >= 15 is 0 Å². The Morgan fingerprint density at radius 3 is 2.95 bits per heavy atom. The van der Waals surface area contributed by atoms with Crippen LogP contribution in [0.3, 0.4) is 0 Å². The van der Waals surface area contributed by atoms with E-state index < -0.39 is 11.8 Å². The fourth-order valence-corrected chi connectivity index (χ4v) is 3.04. The van der Waals surface area contributed by atoms with Gasteiger partial charge in [0, 0.05) is 5.56 Å². The number of ether oxygens (including phenoxy) is 1. The number of rotatable bonds is 3.